The fraction of sp³-hybridized carbons (Fsp3) is 0.100. The summed E-state index contributed by atoms with van der Waals surface area (Å²) in [7, 11) is 0. The molecule has 3 aliphatic carbocycles. The van der Waals surface area contributed by atoms with Crippen LogP contribution in [0, 0.1) is 0 Å². The predicted octanol–water partition coefficient (Wildman–Crippen LogP) is 10.9. The molecule has 0 saturated heterocycles. The molecule has 3 aliphatic rings. The Morgan fingerprint density at radius 3 is 2.24 bits per heavy atom. The van der Waals surface area contributed by atoms with E-state index in [0.717, 1.165) is 25.7 Å². The van der Waals surface area contributed by atoms with Gasteiger partial charge in [0.15, 0.2) is 0 Å². The van der Waals surface area contributed by atoms with Gasteiger partial charge in [-0.25, -0.2) is 0 Å². The third-order valence-electron chi connectivity index (χ3n) is 9.15. The van der Waals surface area contributed by atoms with Gasteiger partial charge < -0.3 is 9.47 Å². The highest BCUT2D eigenvalue weighted by Crippen LogP contribution is 2.51. The van der Waals surface area contributed by atoms with Gasteiger partial charge in [0.25, 0.3) is 0 Å². The summed E-state index contributed by atoms with van der Waals surface area (Å²) in [4.78, 5) is 2.51. The van der Waals surface area contributed by atoms with Gasteiger partial charge in [0.2, 0.25) is 0 Å². The van der Waals surface area contributed by atoms with E-state index in [0.29, 0.717) is 0 Å². The number of benzene rings is 5. The number of nitrogens with zero attached hydrogens (tertiary/aromatic N) is 2. The van der Waals surface area contributed by atoms with E-state index in [1.165, 1.54) is 77.6 Å². The molecule has 1 heterocycles. The average molecular weight is 539 g/mol. The molecule has 200 valence electrons. The minimum Gasteiger partial charge on any atom is -0.314 e. The van der Waals surface area contributed by atoms with Crippen LogP contribution in [0.2, 0.25) is 0 Å². The number of hydrogen-bond acceptors (Lipinski definition) is 1. The maximum Gasteiger partial charge on any atom is 0.0568 e. The van der Waals surface area contributed by atoms with Crippen LogP contribution >= 0.6 is 0 Å². The van der Waals surface area contributed by atoms with E-state index in [9.17, 15) is 0 Å². The summed E-state index contributed by atoms with van der Waals surface area (Å²) < 4.78 is 2.49. The minimum atomic E-state index is 1.03. The quantitative estimate of drug-likeness (QED) is 0.216. The Kier molecular flexibility index (Phi) is 5.18. The van der Waals surface area contributed by atoms with Crippen molar-refractivity contribution in [3.05, 3.63) is 145 Å². The van der Waals surface area contributed by atoms with Crippen LogP contribution < -0.4 is 4.90 Å². The van der Waals surface area contributed by atoms with E-state index < -0.39 is 0 Å². The third-order valence-corrected chi connectivity index (χ3v) is 9.15. The zero-order valence-corrected chi connectivity index (χ0v) is 23.4. The molecule has 9 rings (SSSR count). The first-order chi connectivity index (χ1) is 20.9. The van der Waals surface area contributed by atoms with Crippen molar-refractivity contribution >= 4 is 38.3 Å². The van der Waals surface area contributed by atoms with Crippen molar-refractivity contribution in [2.24, 2.45) is 0 Å². The lowest BCUT2D eigenvalue weighted by Gasteiger charge is -2.31. The van der Waals surface area contributed by atoms with Crippen LogP contribution in [0.4, 0.5) is 5.69 Å². The molecule has 0 unspecified atom stereocenters. The zero-order chi connectivity index (χ0) is 27.6. The second-order valence-electron chi connectivity index (χ2n) is 11.5. The lowest BCUT2D eigenvalue weighted by atomic mass is 9.93. The summed E-state index contributed by atoms with van der Waals surface area (Å²) in [5.74, 6) is 0. The molecule has 0 N–H and O–H groups in total. The number of hydrogen-bond donors (Lipinski definition) is 0. The molecular weight excluding hydrogens is 508 g/mol. The standard InChI is InChI=1S/C40H30N2/c1-4-14-28(15-5-1)41(29-16-6-2-7-17-29)31-25-35-33-21-11-10-20-32(33)34-22-12-13-27-23-24-36-40(38(27)34)39(35)37(26-31)42(36)30-18-8-3-9-19-30/h1,3-4,6,8-14,16-26H,2,5,7,15H2. The van der Waals surface area contributed by atoms with Gasteiger partial charge in [-0.1, -0.05) is 91.0 Å². The summed E-state index contributed by atoms with van der Waals surface area (Å²) in [6.45, 7) is 0. The smallest absolute Gasteiger partial charge is 0.0568 e. The van der Waals surface area contributed by atoms with Crippen molar-refractivity contribution in [2.45, 2.75) is 25.7 Å². The number of allylic oxidation sites excluding steroid dienone is 7. The normalized spacial score (nSPS) is 15.3. The fourth-order valence-corrected chi connectivity index (χ4v) is 7.38. The molecule has 2 nitrogen and oxygen atoms in total. The molecule has 0 saturated carbocycles. The van der Waals surface area contributed by atoms with E-state index in [1.807, 2.05) is 0 Å². The second kappa shape index (κ2) is 9.22. The van der Waals surface area contributed by atoms with Crippen LogP contribution in [-0.4, -0.2) is 4.57 Å². The highest BCUT2D eigenvalue weighted by Gasteiger charge is 2.27. The molecule has 5 aromatic carbocycles. The van der Waals surface area contributed by atoms with Crippen LogP contribution in [-0.2, 0) is 0 Å². The Morgan fingerprint density at radius 2 is 1.43 bits per heavy atom. The molecule has 0 aliphatic heterocycles. The van der Waals surface area contributed by atoms with Crippen molar-refractivity contribution in [3.8, 4) is 27.9 Å². The molecule has 0 fully saturated rings. The van der Waals surface area contributed by atoms with Gasteiger partial charge in [-0.15, -0.1) is 0 Å². The lowest BCUT2D eigenvalue weighted by Crippen LogP contribution is -2.22. The Hall–Kier alpha value is -5.08. The first kappa shape index (κ1) is 23.6. The maximum atomic E-state index is 2.51. The Labute approximate surface area is 245 Å². The number of fused-ring (bicyclic) bond motifs is 3. The molecule has 2 heteroatoms. The molecule has 0 bridgehead atoms. The van der Waals surface area contributed by atoms with Gasteiger partial charge in [0.05, 0.1) is 11.0 Å². The van der Waals surface area contributed by atoms with Crippen molar-refractivity contribution in [1.29, 1.82) is 0 Å². The van der Waals surface area contributed by atoms with Gasteiger partial charge >= 0.3 is 0 Å². The van der Waals surface area contributed by atoms with Crippen molar-refractivity contribution < 1.29 is 0 Å². The number of anilines is 1. The SMILES string of the molecule is C1=CCCC(N(C2=CCCC=C2)c2cc3c4c5c6c(cccc6ccc5n(-c5ccccc5)c4c2)-c2ccccc2-3)=C1. The predicted molar refractivity (Wildman–Crippen MR) is 178 cm³/mol. The first-order valence-corrected chi connectivity index (χ1v) is 15.1. The highest BCUT2D eigenvalue weighted by molar-refractivity contribution is 6.30. The largest absolute Gasteiger partial charge is 0.314 e. The van der Waals surface area contributed by atoms with Crippen molar-refractivity contribution in [1.82, 2.24) is 4.57 Å². The van der Waals surface area contributed by atoms with Gasteiger partial charge in [0, 0.05) is 33.5 Å². The highest BCUT2D eigenvalue weighted by atomic mass is 15.2. The van der Waals surface area contributed by atoms with E-state index >= 15 is 0 Å². The summed E-state index contributed by atoms with van der Waals surface area (Å²) in [6, 6.07) is 36.2. The molecule has 0 atom stereocenters. The van der Waals surface area contributed by atoms with Gasteiger partial charge in [-0.3, -0.25) is 0 Å². The van der Waals surface area contributed by atoms with Crippen molar-refractivity contribution in [2.75, 3.05) is 4.90 Å². The van der Waals surface area contributed by atoms with E-state index in [4.69, 9.17) is 0 Å². The summed E-state index contributed by atoms with van der Waals surface area (Å²) in [5, 5.41) is 5.33. The van der Waals surface area contributed by atoms with Crippen LogP contribution in [0.25, 0.3) is 60.5 Å². The molecule has 0 amide bonds. The Bertz CT molecular complexity index is 2190. The van der Waals surface area contributed by atoms with E-state index in [2.05, 4.69) is 143 Å². The zero-order valence-electron chi connectivity index (χ0n) is 23.4. The lowest BCUT2D eigenvalue weighted by molar-refractivity contribution is 0.887. The van der Waals surface area contributed by atoms with Crippen molar-refractivity contribution in [3.63, 3.8) is 0 Å². The molecule has 42 heavy (non-hydrogen) atoms. The second-order valence-corrected chi connectivity index (χ2v) is 11.5. The Balaban J connectivity index is 1.47. The minimum absolute atomic E-state index is 1.03. The molecular formula is C40H30N2. The third kappa shape index (κ3) is 3.39. The van der Waals surface area contributed by atoms with Gasteiger partial charge in [-0.05, 0) is 101 Å². The van der Waals surface area contributed by atoms with Crippen LogP contribution in [0.1, 0.15) is 25.7 Å². The summed E-state index contributed by atoms with van der Waals surface area (Å²) in [5.41, 5.74) is 12.7. The monoisotopic (exact) mass is 538 g/mol. The number of rotatable bonds is 4. The number of aromatic nitrogens is 1. The summed E-state index contributed by atoms with van der Waals surface area (Å²) >= 11 is 0. The first-order valence-electron chi connectivity index (χ1n) is 15.1. The molecule has 1 aromatic heterocycles. The topological polar surface area (TPSA) is 8.17 Å². The number of para-hydroxylation sites is 1. The Morgan fingerprint density at radius 1 is 0.595 bits per heavy atom. The average Bonchev–Trinajstić information content (AvgIpc) is 3.34. The fourth-order valence-electron chi connectivity index (χ4n) is 7.38. The van der Waals surface area contributed by atoms with E-state index in [-0.39, 0.29) is 0 Å². The molecule has 0 radical (unpaired) electrons. The van der Waals surface area contributed by atoms with Gasteiger partial charge in [0.1, 0.15) is 0 Å². The van der Waals surface area contributed by atoms with Crippen LogP contribution in [0.15, 0.2) is 145 Å². The maximum absolute atomic E-state index is 2.51. The van der Waals surface area contributed by atoms with Gasteiger partial charge in [-0.2, -0.15) is 0 Å². The van der Waals surface area contributed by atoms with Crippen LogP contribution in [0.5, 0.6) is 0 Å². The van der Waals surface area contributed by atoms with E-state index in [1.54, 1.807) is 0 Å². The summed E-state index contributed by atoms with van der Waals surface area (Å²) in [6.07, 6.45) is 18.1. The molecule has 0 spiro atoms. The van der Waals surface area contributed by atoms with Crippen LogP contribution in [0.3, 0.4) is 0 Å². The molecule has 6 aromatic rings.